The number of nitrogen functional groups attached to an aromatic ring is 1. The van der Waals surface area contributed by atoms with Gasteiger partial charge in [-0.25, -0.2) is 4.79 Å². The molecule has 124 valence electrons. The quantitative estimate of drug-likeness (QED) is 0.606. The Morgan fingerprint density at radius 3 is 2.64 bits per heavy atom. The number of hydrogen-bond donors (Lipinski definition) is 3. The highest BCUT2D eigenvalue weighted by molar-refractivity contribution is 9.10. The van der Waals surface area contributed by atoms with E-state index in [-0.39, 0.29) is 23.0 Å². The summed E-state index contributed by atoms with van der Waals surface area (Å²) < 4.78 is 1.99. The highest BCUT2D eigenvalue weighted by Crippen LogP contribution is 2.20. The Morgan fingerprint density at radius 2 is 2.04 bits per heavy atom. The fourth-order valence-corrected chi connectivity index (χ4v) is 2.28. The monoisotopic (exact) mass is 399 g/mol. The van der Waals surface area contributed by atoms with Gasteiger partial charge in [0.2, 0.25) is 0 Å². The summed E-state index contributed by atoms with van der Waals surface area (Å²) in [4.78, 5) is 19.3. The molecule has 0 aliphatic heterocycles. The predicted molar refractivity (Wildman–Crippen MR) is 92.7 cm³/mol. The number of hydrogen-bond acceptors (Lipinski definition) is 7. The van der Waals surface area contributed by atoms with Gasteiger partial charge in [-0.05, 0) is 24.3 Å². The van der Waals surface area contributed by atoms with Gasteiger partial charge in [0, 0.05) is 16.2 Å². The molecule has 0 saturated carbocycles. The molecule has 2 aromatic heterocycles. The van der Waals surface area contributed by atoms with Gasteiger partial charge >= 0.3 is 5.97 Å². The van der Waals surface area contributed by atoms with Gasteiger partial charge in [-0.15, -0.1) is 0 Å². The minimum Gasteiger partial charge on any atom is -0.477 e. The number of carboxylic acids is 1. The second-order valence-corrected chi connectivity index (χ2v) is 5.76. The molecule has 0 unspecified atom stereocenters. The van der Waals surface area contributed by atoms with Crippen molar-refractivity contribution < 1.29 is 9.90 Å². The van der Waals surface area contributed by atoms with E-state index in [0.717, 1.165) is 21.0 Å². The summed E-state index contributed by atoms with van der Waals surface area (Å²) in [6.07, 6.45) is 1.10. The van der Waals surface area contributed by atoms with E-state index in [1.807, 2.05) is 30.3 Å². The molecule has 0 bridgehead atoms. The van der Waals surface area contributed by atoms with Crippen LogP contribution in [0.2, 0.25) is 0 Å². The maximum atomic E-state index is 11.1. The molecule has 9 nitrogen and oxygen atoms in total. The Hall–Kier alpha value is -3.45. The Kier molecular flexibility index (Phi) is 4.32. The lowest BCUT2D eigenvalue weighted by atomic mass is 10.3. The summed E-state index contributed by atoms with van der Waals surface area (Å²) in [5.74, 6) is -1.01. The minimum absolute atomic E-state index is 0.0105. The highest BCUT2D eigenvalue weighted by atomic mass is 79.9. The van der Waals surface area contributed by atoms with Crippen LogP contribution in [0.5, 0.6) is 0 Å². The van der Waals surface area contributed by atoms with Gasteiger partial charge in [-0.1, -0.05) is 15.9 Å². The van der Waals surface area contributed by atoms with E-state index < -0.39 is 5.97 Å². The van der Waals surface area contributed by atoms with Crippen LogP contribution in [0.4, 0.5) is 17.3 Å². The lowest BCUT2D eigenvalue weighted by Gasteiger charge is -2.09. The number of rotatable bonds is 4. The molecule has 10 heteroatoms. The molecule has 3 rings (SSSR count). The smallest absolute Gasteiger partial charge is 0.341 e. The number of aromatic carboxylic acids is 1. The first-order chi connectivity index (χ1) is 12.0. The summed E-state index contributed by atoms with van der Waals surface area (Å²) in [6.45, 7) is 0. The van der Waals surface area contributed by atoms with Gasteiger partial charge in [0.25, 0.3) is 5.95 Å². The molecule has 0 amide bonds. The summed E-state index contributed by atoms with van der Waals surface area (Å²) >= 11 is 3.35. The molecular weight excluding hydrogens is 390 g/mol. The van der Waals surface area contributed by atoms with Crippen LogP contribution in [-0.4, -0.2) is 30.8 Å². The Morgan fingerprint density at radius 1 is 1.32 bits per heavy atom. The van der Waals surface area contributed by atoms with Crippen molar-refractivity contribution in [2.75, 3.05) is 11.1 Å². The van der Waals surface area contributed by atoms with Gasteiger partial charge in [0.1, 0.15) is 29.0 Å². The summed E-state index contributed by atoms with van der Waals surface area (Å²) in [7, 11) is 0. The third-order valence-electron chi connectivity index (χ3n) is 3.17. The van der Waals surface area contributed by atoms with Crippen LogP contribution < -0.4 is 11.1 Å². The number of aromatic nitrogens is 4. The van der Waals surface area contributed by atoms with Crippen LogP contribution in [-0.2, 0) is 0 Å². The summed E-state index contributed by atoms with van der Waals surface area (Å²) in [6, 6.07) is 10.7. The van der Waals surface area contributed by atoms with Crippen molar-refractivity contribution in [1.29, 1.82) is 5.26 Å². The normalized spacial score (nSPS) is 10.2. The number of nitriles is 1. The van der Waals surface area contributed by atoms with Crippen LogP contribution in [0.25, 0.3) is 5.95 Å². The fourth-order valence-electron chi connectivity index (χ4n) is 2.01. The van der Waals surface area contributed by atoms with Crippen LogP contribution in [0.1, 0.15) is 16.1 Å². The Labute approximate surface area is 149 Å². The molecule has 0 radical (unpaired) electrons. The van der Waals surface area contributed by atoms with Crippen LogP contribution in [0, 0.1) is 11.3 Å². The van der Waals surface area contributed by atoms with E-state index in [1.165, 1.54) is 6.07 Å². The van der Waals surface area contributed by atoms with Crippen molar-refractivity contribution in [2.45, 2.75) is 0 Å². The molecule has 2 heterocycles. The molecule has 0 fully saturated rings. The number of nitrogens with one attached hydrogen (secondary N) is 1. The van der Waals surface area contributed by atoms with E-state index in [0.29, 0.717) is 5.82 Å². The first-order valence-corrected chi connectivity index (χ1v) is 7.66. The molecule has 0 spiro atoms. The van der Waals surface area contributed by atoms with E-state index in [9.17, 15) is 4.79 Å². The zero-order valence-electron chi connectivity index (χ0n) is 12.5. The van der Waals surface area contributed by atoms with Crippen LogP contribution >= 0.6 is 15.9 Å². The number of nitrogens with two attached hydrogens (primary N) is 1. The highest BCUT2D eigenvalue weighted by Gasteiger charge is 2.17. The number of benzene rings is 1. The first-order valence-electron chi connectivity index (χ1n) is 6.87. The van der Waals surface area contributed by atoms with E-state index in [4.69, 9.17) is 16.1 Å². The molecule has 25 heavy (non-hydrogen) atoms. The van der Waals surface area contributed by atoms with Crippen LogP contribution in [0.3, 0.4) is 0 Å². The van der Waals surface area contributed by atoms with Gasteiger partial charge in [-0.2, -0.15) is 25.0 Å². The summed E-state index contributed by atoms with van der Waals surface area (Å²) in [5.41, 5.74) is 6.43. The molecule has 4 N–H and O–H groups in total. The van der Waals surface area contributed by atoms with Gasteiger partial charge < -0.3 is 16.2 Å². The Bertz CT molecular complexity index is 992. The molecule has 1 aromatic carbocycles. The average Bonchev–Trinajstić information content (AvgIpc) is 2.98. The second kappa shape index (κ2) is 6.58. The van der Waals surface area contributed by atoms with Crippen molar-refractivity contribution in [3.63, 3.8) is 0 Å². The molecule has 0 aliphatic rings. The molecule has 0 saturated heterocycles. The van der Waals surface area contributed by atoms with E-state index in [2.05, 4.69) is 36.3 Å². The molecule has 0 atom stereocenters. The van der Waals surface area contributed by atoms with Crippen molar-refractivity contribution in [3.05, 3.63) is 52.3 Å². The number of carboxylic acid groups (broad SMARTS) is 1. The maximum Gasteiger partial charge on any atom is 0.341 e. The van der Waals surface area contributed by atoms with Gasteiger partial charge in [0.05, 0.1) is 6.20 Å². The number of nitrogens with zero attached hydrogens (tertiary/aromatic N) is 5. The van der Waals surface area contributed by atoms with E-state index in [1.54, 1.807) is 0 Å². The van der Waals surface area contributed by atoms with Crippen molar-refractivity contribution in [3.8, 4) is 12.0 Å². The lowest BCUT2D eigenvalue weighted by molar-refractivity contribution is 0.0698. The zero-order valence-corrected chi connectivity index (χ0v) is 14.1. The van der Waals surface area contributed by atoms with Gasteiger partial charge in [0.15, 0.2) is 0 Å². The minimum atomic E-state index is -1.21. The zero-order chi connectivity index (χ0) is 18.0. The molecule has 3 aromatic rings. The second-order valence-electron chi connectivity index (χ2n) is 4.84. The lowest BCUT2D eigenvalue weighted by Crippen LogP contribution is -2.10. The number of anilines is 3. The SMILES string of the molecule is N#Cc1cc(Nc2ccc(Br)cc2)nc(-n2ncc(C(=O)O)c2N)n1. The third-order valence-corrected chi connectivity index (χ3v) is 3.70. The Balaban J connectivity index is 2.02. The molecular formula is C15H10BrN7O2. The largest absolute Gasteiger partial charge is 0.477 e. The predicted octanol–water partition coefficient (Wildman–Crippen LogP) is 2.32. The van der Waals surface area contributed by atoms with E-state index >= 15 is 0 Å². The number of carbonyl (C=O) groups is 1. The topological polar surface area (TPSA) is 143 Å². The standard InChI is InChI=1S/C15H10BrN7O2/c16-8-1-3-9(4-2-8)20-12-5-10(6-17)21-15(22-12)23-13(18)11(7-19-23)14(24)25/h1-5,7H,18H2,(H,24,25)(H,20,21,22). The molecule has 0 aliphatic carbocycles. The number of halogens is 1. The fraction of sp³-hybridized carbons (Fsp3) is 0. The van der Waals surface area contributed by atoms with Crippen molar-refractivity contribution in [2.24, 2.45) is 0 Å². The average molecular weight is 400 g/mol. The van der Waals surface area contributed by atoms with Crippen molar-refractivity contribution in [1.82, 2.24) is 19.7 Å². The van der Waals surface area contributed by atoms with Crippen LogP contribution in [0.15, 0.2) is 41.0 Å². The van der Waals surface area contributed by atoms with Gasteiger partial charge in [-0.3, -0.25) is 0 Å². The van der Waals surface area contributed by atoms with Crippen molar-refractivity contribution >= 4 is 39.2 Å². The third kappa shape index (κ3) is 3.41. The first kappa shape index (κ1) is 16.4. The maximum absolute atomic E-state index is 11.1. The summed E-state index contributed by atoms with van der Waals surface area (Å²) in [5, 5.41) is 25.2.